The van der Waals surface area contributed by atoms with Gasteiger partial charge in [0.25, 0.3) is 0 Å². The third-order valence-electron chi connectivity index (χ3n) is 2.93. The Balaban J connectivity index is 2.14. The summed E-state index contributed by atoms with van der Waals surface area (Å²) in [7, 11) is 1.67. The predicted molar refractivity (Wildman–Crippen MR) is 75.5 cm³/mol. The molecule has 0 saturated carbocycles. The zero-order chi connectivity index (χ0) is 13.8. The van der Waals surface area contributed by atoms with Crippen LogP contribution in [0.25, 0.3) is 0 Å². The van der Waals surface area contributed by atoms with Crippen molar-refractivity contribution < 1.29 is 4.74 Å². The van der Waals surface area contributed by atoms with Gasteiger partial charge in [-0.05, 0) is 38.5 Å². The summed E-state index contributed by atoms with van der Waals surface area (Å²) in [6, 6.07) is 6.36. The van der Waals surface area contributed by atoms with E-state index >= 15 is 0 Å². The van der Waals surface area contributed by atoms with E-state index in [1.165, 1.54) is 5.56 Å². The number of methoxy groups -OCH3 is 1. The van der Waals surface area contributed by atoms with E-state index in [4.69, 9.17) is 4.74 Å². The zero-order valence-electron chi connectivity index (χ0n) is 11.8. The van der Waals surface area contributed by atoms with E-state index in [9.17, 15) is 0 Å². The van der Waals surface area contributed by atoms with E-state index in [0.29, 0.717) is 12.6 Å². The standard InChI is InChI=1S/C14H20N4O/c1-10(2)18-14(16-9-17-18)8-15-12-7-11(3)5-6-13(12)19-4/h5-7,9-10,15H,8H2,1-4H3. The van der Waals surface area contributed by atoms with Gasteiger partial charge in [0.1, 0.15) is 17.9 Å². The Kier molecular flexibility index (Phi) is 4.04. The van der Waals surface area contributed by atoms with Crippen LogP contribution in [0, 0.1) is 6.92 Å². The van der Waals surface area contributed by atoms with Crippen LogP contribution >= 0.6 is 0 Å². The molecule has 19 heavy (non-hydrogen) atoms. The van der Waals surface area contributed by atoms with Gasteiger partial charge in [-0.15, -0.1) is 0 Å². The molecule has 2 aromatic rings. The molecule has 0 fully saturated rings. The number of hydrogen-bond acceptors (Lipinski definition) is 4. The van der Waals surface area contributed by atoms with Crippen LogP contribution in [0.3, 0.4) is 0 Å². The lowest BCUT2D eigenvalue weighted by Crippen LogP contribution is -2.12. The Morgan fingerprint density at radius 1 is 1.37 bits per heavy atom. The normalized spacial score (nSPS) is 10.8. The molecule has 0 aliphatic carbocycles. The summed E-state index contributed by atoms with van der Waals surface area (Å²) in [5.74, 6) is 1.75. The Hall–Kier alpha value is -2.04. The molecule has 0 unspecified atom stereocenters. The number of aromatic nitrogens is 3. The van der Waals surface area contributed by atoms with Crippen molar-refractivity contribution in [3.05, 3.63) is 35.9 Å². The quantitative estimate of drug-likeness (QED) is 0.898. The minimum Gasteiger partial charge on any atom is -0.495 e. The number of aryl methyl sites for hydroxylation is 1. The number of nitrogens with one attached hydrogen (secondary N) is 1. The van der Waals surface area contributed by atoms with E-state index in [-0.39, 0.29) is 0 Å². The molecule has 0 saturated heterocycles. The molecular formula is C14H20N4O. The van der Waals surface area contributed by atoms with Gasteiger partial charge in [0, 0.05) is 6.04 Å². The number of rotatable bonds is 5. The number of nitrogens with zero attached hydrogens (tertiary/aromatic N) is 3. The van der Waals surface area contributed by atoms with Crippen LogP contribution in [-0.4, -0.2) is 21.9 Å². The van der Waals surface area contributed by atoms with Crippen molar-refractivity contribution in [2.75, 3.05) is 12.4 Å². The second kappa shape index (κ2) is 5.73. The first-order chi connectivity index (χ1) is 9.11. The largest absolute Gasteiger partial charge is 0.495 e. The predicted octanol–water partition coefficient (Wildman–Crippen LogP) is 2.79. The number of anilines is 1. The molecule has 5 nitrogen and oxygen atoms in total. The summed E-state index contributed by atoms with van der Waals surface area (Å²) in [4.78, 5) is 4.28. The number of benzene rings is 1. The summed E-state index contributed by atoms with van der Waals surface area (Å²) < 4.78 is 7.25. The van der Waals surface area contributed by atoms with Gasteiger partial charge >= 0.3 is 0 Å². The summed E-state index contributed by atoms with van der Waals surface area (Å²) >= 11 is 0. The Morgan fingerprint density at radius 2 is 2.16 bits per heavy atom. The fourth-order valence-corrected chi connectivity index (χ4v) is 1.97. The lowest BCUT2D eigenvalue weighted by atomic mass is 10.2. The van der Waals surface area contributed by atoms with Gasteiger partial charge in [-0.2, -0.15) is 5.10 Å². The summed E-state index contributed by atoms with van der Waals surface area (Å²) in [6.07, 6.45) is 1.59. The van der Waals surface area contributed by atoms with Gasteiger partial charge in [-0.1, -0.05) is 6.07 Å². The third-order valence-corrected chi connectivity index (χ3v) is 2.93. The van der Waals surface area contributed by atoms with Crippen molar-refractivity contribution in [3.8, 4) is 5.75 Å². The summed E-state index contributed by atoms with van der Waals surface area (Å²) in [5.41, 5.74) is 2.16. The van der Waals surface area contributed by atoms with Crippen molar-refractivity contribution in [3.63, 3.8) is 0 Å². The van der Waals surface area contributed by atoms with Crippen molar-refractivity contribution in [1.29, 1.82) is 0 Å². The summed E-state index contributed by atoms with van der Waals surface area (Å²) in [6.45, 7) is 6.86. The minimum atomic E-state index is 0.304. The Morgan fingerprint density at radius 3 is 2.84 bits per heavy atom. The van der Waals surface area contributed by atoms with Crippen molar-refractivity contribution in [1.82, 2.24) is 14.8 Å². The van der Waals surface area contributed by atoms with Gasteiger partial charge in [-0.3, -0.25) is 0 Å². The van der Waals surface area contributed by atoms with Gasteiger partial charge in [0.05, 0.1) is 19.3 Å². The number of ether oxygens (including phenoxy) is 1. The molecule has 0 aliphatic heterocycles. The molecule has 0 bridgehead atoms. The minimum absolute atomic E-state index is 0.304. The van der Waals surface area contributed by atoms with E-state index in [2.05, 4.69) is 42.2 Å². The van der Waals surface area contributed by atoms with Crippen molar-refractivity contribution in [2.24, 2.45) is 0 Å². The van der Waals surface area contributed by atoms with Gasteiger partial charge in [-0.25, -0.2) is 9.67 Å². The van der Waals surface area contributed by atoms with Gasteiger partial charge in [0.15, 0.2) is 0 Å². The molecular weight excluding hydrogens is 240 g/mol. The monoisotopic (exact) mass is 260 g/mol. The Labute approximate surface area is 113 Å². The zero-order valence-corrected chi connectivity index (χ0v) is 11.8. The van der Waals surface area contributed by atoms with Crippen LogP contribution in [0.5, 0.6) is 5.75 Å². The van der Waals surface area contributed by atoms with Crippen LogP contribution in [0.2, 0.25) is 0 Å². The molecule has 0 radical (unpaired) electrons. The van der Waals surface area contributed by atoms with Crippen LogP contribution in [-0.2, 0) is 6.54 Å². The average Bonchev–Trinajstić information content (AvgIpc) is 2.85. The first-order valence-electron chi connectivity index (χ1n) is 6.38. The fourth-order valence-electron chi connectivity index (χ4n) is 1.97. The van der Waals surface area contributed by atoms with E-state index in [1.807, 2.05) is 16.8 Å². The van der Waals surface area contributed by atoms with Crippen LogP contribution in [0.15, 0.2) is 24.5 Å². The lowest BCUT2D eigenvalue weighted by Gasteiger charge is -2.13. The summed E-state index contributed by atoms with van der Waals surface area (Å²) in [5, 5.41) is 7.58. The molecule has 5 heteroatoms. The highest BCUT2D eigenvalue weighted by molar-refractivity contribution is 5.57. The van der Waals surface area contributed by atoms with Gasteiger partial charge < -0.3 is 10.1 Å². The molecule has 1 heterocycles. The number of hydrogen-bond donors (Lipinski definition) is 1. The third kappa shape index (κ3) is 3.05. The molecule has 1 aromatic heterocycles. The molecule has 0 amide bonds. The van der Waals surface area contributed by atoms with E-state index < -0.39 is 0 Å². The molecule has 0 spiro atoms. The molecule has 2 rings (SSSR count). The topological polar surface area (TPSA) is 52.0 Å². The highest BCUT2D eigenvalue weighted by atomic mass is 16.5. The van der Waals surface area contributed by atoms with Crippen molar-refractivity contribution >= 4 is 5.69 Å². The van der Waals surface area contributed by atoms with Crippen LogP contribution in [0.1, 0.15) is 31.3 Å². The maximum Gasteiger partial charge on any atom is 0.146 e. The maximum atomic E-state index is 5.34. The first-order valence-corrected chi connectivity index (χ1v) is 6.38. The fraction of sp³-hybridized carbons (Fsp3) is 0.429. The smallest absolute Gasteiger partial charge is 0.146 e. The van der Waals surface area contributed by atoms with Crippen LogP contribution in [0.4, 0.5) is 5.69 Å². The molecule has 1 N–H and O–H groups in total. The van der Waals surface area contributed by atoms with E-state index in [0.717, 1.165) is 17.3 Å². The SMILES string of the molecule is COc1ccc(C)cc1NCc1ncnn1C(C)C. The van der Waals surface area contributed by atoms with Gasteiger partial charge in [0.2, 0.25) is 0 Å². The first kappa shape index (κ1) is 13.4. The van der Waals surface area contributed by atoms with Crippen LogP contribution < -0.4 is 10.1 Å². The molecule has 1 aromatic carbocycles. The lowest BCUT2D eigenvalue weighted by molar-refractivity contribution is 0.416. The molecule has 0 atom stereocenters. The molecule has 0 aliphatic rings. The highest BCUT2D eigenvalue weighted by Gasteiger charge is 2.09. The highest BCUT2D eigenvalue weighted by Crippen LogP contribution is 2.25. The Bertz CT molecular complexity index is 548. The average molecular weight is 260 g/mol. The van der Waals surface area contributed by atoms with Crippen molar-refractivity contribution in [2.45, 2.75) is 33.4 Å². The maximum absolute atomic E-state index is 5.34. The second-order valence-corrected chi connectivity index (χ2v) is 4.77. The van der Waals surface area contributed by atoms with E-state index in [1.54, 1.807) is 13.4 Å². The second-order valence-electron chi connectivity index (χ2n) is 4.77. The molecule has 102 valence electrons.